The third-order valence-corrected chi connectivity index (χ3v) is 7.29. The number of halogens is 6. The number of hydrogen-bond acceptors (Lipinski definition) is 4. The highest BCUT2D eigenvalue weighted by Gasteiger charge is 2.36. The van der Waals surface area contributed by atoms with E-state index in [4.69, 9.17) is 11.6 Å². The van der Waals surface area contributed by atoms with Crippen molar-refractivity contribution in [2.24, 2.45) is 0 Å². The van der Waals surface area contributed by atoms with E-state index in [1.54, 1.807) is 18.3 Å². The Balaban J connectivity index is 1.52. The summed E-state index contributed by atoms with van der Waals surface area (Å²) in [6.45, 7) is 0. The molecule has 0 saturated heterocycles. The highest BCUT2D eigenvalue weighted by molar-refractivity contribution is 6.31. The molecule has 2 N–H and O–H groups in total. The number of nitriles is 1. The monoisotopic (exact) mass is 607 g/mol. The van der Waals surface area contributed by atoms with Crippen molar-refractivity contribution in [2.75, 3.05) is 5.32 Å². The highest BCUT2D eigenvalue weighted by Crippen LogP contribution is 2.42. The van der Waals surface area contributed by atoms with Gasteiger partial charge in [0.05, 0.1) is 17.8 Å². The van der Waals surface area contributed by atoms with Gasteiger partial charge in [-0.25, -0.2) is 13.8 Å². The number of amides is 2. The molecule has 1 aliphatic rings. The Hall–Kier alpha value is -5.28. The van der Waals surface area contributed by atoms with Crippen molar-refractivity contribution >= 4 is 34.7 Å². The predicted octanol–water partition coefficient (Wildman–Crippen LogP) is 6.91. The molecule has 0 radical (unpaired) electrons. The van der Waals surface area contributed by atoms with Gasteiger partial charge < -0.3 is 10.6 Å². The van der Waals surface area contributed by atoms with Crippen LogP contribution in [-0.2, 0) is 6.18 Å². The second-order valence-electron chi connectivity index (χ2n) is 9.64. The van der Waals surface area contributed by atoms with E-state index in [1.807, 2.05) is 6.07 Å². The molecule has 7 nitrogen and oxygen atoms in total. The molecule has 0 saturated carbocycles. The molecule has 1 unspecified atom stereocenters. The van der Waals surface area contributed by atoms with Crippen LogP contribution < -0.4 is 10.6 Å². The average molecular weight is 608 g/mol. The number of nitrogens with zero attached hydrogens (tertiary/aromatic N) is 3. The quantitative estimate of drug-likeness (QED) is 0.217. The molecular weight excluding hydrogens is 593 g/mol. The van der Waals surface area contributed by atoms with Crippen LogP contribution in [0.3, 0.4) is 0 Å². The minimum atomic E-state index is -4.91. The second kappa shape index (κ2) is 10.2. The molecule has 43 heavy (non-hydrogen) atoms. The van der Waals surface area contributed by atoms with Gasteiger partial charge in [0.15, 0.2) is 0 Å². The summed E-state index contributed by atoms with van der Waals surface area (Å²) in [4.78, 5) is 30.6. The molecule has 3 heterocycles. The van der Waals surface area contributed by atoms with Gasteiger partial charge in [-0.15, -0.1) is 0 Å². The third-order valence-electron chi connectivity index (χ3n) is 6.95. The Morgan fingerprint density at radius 1 is 1.02 bits per heavy atom. The highest BCUT2D eigenvalue weighted by atomic mass is 35.5. The van der Waals surface area contributed by atoms with Crippen LogP contribution in [0.4, 0.5) is 27.6 Å². The van der Waals surface area contributed by atoms with E-state index in [0.29, 0.717) is 28.9 Å². The normalized spacial score (nSPS) is 14.3. The van der Waals surface area contributed by atoms with Crippen molar-refractivity contribution in [2.45, 2.75) is 12.2 Å². The van der Waals surface area contributed by atoms with Crippen molar-refractivity contribution in [3.8, 4) is 17.2 Å². The molecule has 214 valence electrons. The lowest BCUT2D eigenvalue weighted by Gasteiger charge is -2.19. The minimum absolute atomic E-state index is 0.0229. The molecule has 2 aromatic heterocycles. The number of carbonyl (C=O) groups is 2. The SMILES string of the molecule is N#Cc1cnc2ccc(-c3cc(NC(=O)c4cc(F)cc(C(F)(F)F)c4)c4c(c3)C(=O)NC4c3cc(F)ccc3Cl)cn12. The topological polar surface area (TPSA) is 99.3 Å². The summed E-state index contributed by atoms with van der Waals surface area (Å²) in [5.41, 5.74) is -0.0246. The molecule has 0 bridgehead atoms. The van der Waals surface area contributed by atoms with Crippen LogP contribution in [0.2, 0.25) is 5.02 Å². The van der Waals surface area contributed by atoms with Crippen LogP contribution in [0.25, 0.3) is 16.8 Å². The van der Waals surface area contributed by atoms with Crippen LogP contribution in [0.5, 0.6) is 0 Å². The molecule has 0 aliphatic carbocycles. The van der Waals surface area contributed by atoms with Gasteiger partial charge in [-0.05, 0) is 71.8 Å². The first-order chi connectivity index (χ1) is 20.4. The van der Waals surface area contributed by atoms with Gasteiger partial charge in [-0.1, -0.05) is 11.6 Å². The van der Waals surface area contributed by atoms with Gasteiger partial charge >= 0.3 is 6.18 Å². The number of nitrogens with one attached hydrogen (secondary N) is 2. The van der Waals surface area contributed by atoms with Gasteiger partial charge in [0.1, 0.15) is 29.0 Å². The van der Waals surface area contributed by atoms with Crippen LogP contribution in [-0.4, -0.2) is 21.2 Å². The fraction of sp³-hybridized carbons (Fsp3) is 0.0667. The van der Waals surface area contributed by atoms with E-state index in [9.17, 15) is 36.8 Å². The number of rotatable bonds is 4. The number of imidazole rings is 1. The van der Waals surface area contributed by atoms with Crippen LogP contribution in [0.15, 0.2) is 73.1 Å². The Morgan fingerprint density at radius 2 is 1.81 bits per heavy atom. The Morgan fingerprint density at radius 3 is 2.56 bits per heavy atom. The predicted molar refractivity (Wildman–Crippen MR) is 145 cm³/mol. The van der Waals surface area contributed by atoms with E-state index in [2.05, 4.69) is 15.6 Å². The maximum absolute atomic E-state index is 14.2. The second-order valence-corrected chi connectivity index (χ2v) is 10.0. The number of hydrogen-bond donors (Lipinski definition) is 2. The Kier molecular flexibility index (Phi) is 6.62. The van der Waals surface area contributed by atoms with E-state index >= 15 is 0 Å². The zero-order valence-corrected chi connectivity index (χ0v) is 22.2. The smallest absolute Gasteiger partial charge is 0.341 e. The fourth-order valence-corrected chi connectivity index (χ4v) is 5.21. The molecule has 0 fully saturated rings. The number of benzene rings is 3. The van der Waals surface area contributed by atoms with E-state index < -0.39 is 46.8 Å². The molecule has 13 heteroatoms. The number of pyridine rings is 1. The lowest BCUT2D eigenvalue weighted by molar-refractivity contribution is -0.137. The molecule has 5 aromatic rings. The third kappa shape index (κ3) is 5.04. The summed E-state index contributed by atoms with van der Waals surface area (Å²) in [5, 5.41) is 14.7. The molecule has 1 aliphatic heterocycles. The minimum Gasteiger partial charge on any atom is -0.341 e. The lowest BCUT2D eigenvalue weighted by Crippen LogP contribution is -2.21. The summed E-state index contributed by atoms with van der Waals surface area (Å²) in [7, 11) is 0. The standard InChI is InChI=1S/C30H15ClF5N5O2/c31-23-3-2-18(32)10-21(23)27-26-22(29(43)40-27)7-15(14-1-4-25-38-12-20(11-37)41(25)13-14)8-24(26)39-28(42)16-5-17(30(34,35)36)9-19(33)6-16/h1-10,12-13,27H,(H,39,42)(H,40,43). The van der Waals surface area contributed by atoms with Crippen LogP contribution in [0.1, 0.15) is 49.1 Å². The number of carbonyl (C=O) groups excluding carboxylic acids is 2. The Bertz CT molecular complexity index is 2030. The van der Waals surface area contributed by atoms with Crippen LogP contribution >= 0.6 is 11.6 Å². The average Bonchev–Trinajstić information content (AvgIpc) is 3.53. The Labute approximate surface area is 244 Å². The van der Waals surface area contributed by atoms with Gasteiger partial charge in [0.25, 0.3) is 11.8 Å². The van der Waals surface area contributed by atoms with E-state index in [-0.39, 0.29) is 39.2 Å². The van der Waals surface area contributed by atoms with Crippen molar-refractivity contribution in [1.82, 2.24) is 14.7 Å². The number of fused-ring (bicyclic) bond motifs is 2. The zero-order valence-electron chi connectivity index (χ0n) is 21.4. The zero-order chi connectivity index (χ0) is 30.6. The molecular formula is C30H15ClF5N5O2. The fourth-order valence-electron chi connectivity index (χ4n) is 4.99. The lowest BCUT2D eigenvalue weighted by atomic mass is 9.93. The van der Waals surface area contributed by atoms with Gasteiger partial charge in [-0.2, -0.15) is 18.4 Å². The molecule has 0 spiro atoms. The maximum Gasteiger partial charge on any atom is 0.416 e. The number of anilines is 1. The largest absolute Gasteiger partial charge is 0.416 e. The molecule has 6 rings (SSSR count). The van der Waals surface area contributed by atoms with Crippen molar-refractivity contribution < 1.29 is 31.5 Å². The summed E-state index contributed by atoms with van der Waals surface area (Å²) < 4.78 is 69.9. The number of aromatic nitrogens is 2. The summed E-state index contributed by atoms with van der Waals surface area (Å²) in [5.74, 6) is -3.61. The van der Waals surface area contributed by atoms with Gasteiger partial charge in [0, 0.05) is 39.2 Å². The number of alkyl halides is 3. The van der Waals surface area contributed by atoms with Gasteiger partial charge in [0.2, 0.25) is 0 Å². The first-order valence-corrected chi connectivity index (χ1v) is 12.8. The van der Waals surface area contributed by atoms with Crippen LogP contribution in [0, 0.1) is 23.0 Å². The van der Waals surface area contributed by atoms with Gasteiger partial charge in [-0.3, -0.25) is 14.0 Å². The molecule has 2 amide bonds. The summed E-state index contributed by atoms with van der Waals surface area (Å²) in [6.07, 6.45) is -1.95. The molecule has 3 aromatic carbocycles. The maximum atomic E-state index is 14.2. The summed E-state index contributed by atoms with van der Waals surface area (Å²) >= 11 is 6.33. The van der Waals surface area contributed by atoms with Crippen molar-refractivity contribution in [3.63, 3.8) is 0 Å². The molecule has 1 atom stereocenters. The van der Waals surface area contributed by atoms with Crippen molar-refractivity contribution in [1.29, 1.82) is 5.26 Å². The summed E-state index contributed by atoms with van der Waals surface area (Å²) in [6, 6.07) is 12.2. The van der Waals surface area contributed by atoms with Crippen molar-refractivity contribution in [3.05, 3.63) is 123 Å². The van der Waals surface area contributed by atoms with E-state index in [0.717, 1.165) is 12.1 Å². The first kappa shape index (κ1) is 27.9. The first-order valence-electron chi connectivity index (χ1n) is 12.4. The van der Waals surface area contributed by atoms with E-state index in [1.165, 1.54) is 28.8 Å².